The molecule has 1 aliphatic heterocycles. The number of hydrogen-bond acceptors (Lipinski definition) is 6. The normalized spacial score (nSPS) is 15.7. The molecule has 2 heterocycles. The lowest BCUT2D eigenvalue weighted by atomic mass is 10.1. The van der Waals surface area contributed by atoms with Crippen molar-refractivity contribution >= 4 is 27.4 Å². The van der Waals surface area contributed by atoms with Gasteiger partial charge in [0.05, 0.1) is 29.5 Å². The number of urea groups is 1. The molecule has 1 aromatic carbocycles. The van der Waals surface area contributed by atoms with Gasteiger partial charge in [-0.3, -0.25) is 4.90 Å². The van der Waals surface area contributed by atoms with Gasteiger partial charge in [0.15, 0.2) is 5.82 Å². The van der Waals surface area contributed by atoms with Crippen molar-refractivity contribution in [2.24, 2.45) is 0 Å². The molecular formula is C19H25FN6O3S. The van der Waals surface area contributed by atoms with E-state index in [-0.39, 0.29) is 11.4 Å². The SMILES string of the molecule is CCS(=O)(=O)N1CCN(Cc2cccc(NC(=O)Nc3cnc(C)nc3)c2F)CC1. The first-order valence-corrected chi connectivity index (χ1v) is 11.2. The van der Waals surface area contributed by atoms with Gasteiger partial charge in [0.25, 0.3) is 0 Å². The van der Waals surface area contributed by atoms with Crippen molar-refractivity contribution in [1.29, 1.82) is 0 Å². The molecule has 30 heavy (non-hydrogen) atoms. The Hall–Kier alpha value is -2.63. The average molecular weight is 437 g/mol. The molecule has 0 unspecified atom stereocenters. The molecule has 0 bridgehead atoms. The highest BCUT2D eigenvalue weighted by Gasteiger charge is 2.26. The second-order valence-electron chi connectivity index (χ2n) is 6.95. The zero-order valence-electron chi connectivity index (χ0n) is 16.9. The Balaban J connectivity index is 1.60. The molecule has 9 nitrogen and oxygen atoms in total. The number of hydrogen-bond donors (Lipinski definition) is 2. The zero-order chi connectivity index (χ0) is 21.7. The first-order chi connectivity index (χ1) is 14.3. The molecule has 1 aromatic heterocycles. The minimum atomic E-state index is -3.20. The van der Waals surface area contributed by atoms with Crippen molar-refractivity contribution in [3.8, 4) is 0 Å². The Kier molecular flexibility index (Phi) is 6.95. The molecule has 0 aliphatic carbocycles. The maximum atomic E-state index is 14.9. The molecule has 1 fully saturated rings. The molecule has 3 rings (SSSR count). The lowest BCUT2D eigenvalue weighted by Gasteiger charge is -2.33. The van der Waals surface area contributed by atoms with E-state index in [1.165, 1.54) is 22.8 Å². The number of sulfonamides is 1. The highest BCUT2D eigenvalue weighted by molar-refractivity contribution is 7.89. The molecule has 11 heteroatoms. The first-order valence-electron chi connectivity index (χ1n) is 9.62. The minimum absolute atomic E-state index is 0.0604. The highest BCUT2D eigenvalue weighted by Crippen LogP contribution is 2.21. The van der Waals surface area contributed by atoms with Gasteiger partial charge >= 0.3 is 6.03 Å². The van der Waals surface area contributed by atoms with Crippen LogP contribution in [0.3, 0.4) is 0 Å². The predicted octanol–water partition coefficient (Wildman–Crippen LogP) is 2.04. The summed E-state index contributed by atoms with van der Waals surface area (Å²) in [5.41, 5.74) is 0.887. The molecule has 2 aromatic rings. The number of benzene rings is 1. The van der Waals surface area contributed by atoms with Gasteiger partial charge in [-0.15, -0.1) is 0 Å². The van der Waals surface area contributed by atoms with Gasteiger partial charge in [-0.2, -0.15) is 4.31 Å². The Labute approximate surface area is 175 Å². The van der Waals surface area contributed by atoms with Crippen LogP contribution in [-0.2, 0) is 16.6 Å². The molecule has 162 valence electrons. The quantitative estimate of drug-likeness (QED) is 0.718. The second-order valence-corrected chi connectivity index (χ2v) is 9.21. The number of nitrogens with zero attached hydrogens (tertiary/aromatic N) is 4. The van der Waals surface area contributed by atoms with Crippen molar-refractivity contribution < 1.29 is 17.6 Å². The van der Waals surface area contributed by atoms with E-state index in [0.717, 1.165) is 0 Å². The van der Waals surface area contributed by atoms with E-state index in [4.69, 9.17) is 0 Å². The molecule has 0 spiro atoms. The lowest BCUT2D eigenvalue weighted by Crippen LogP contribution is -2.48. The van der Waals surface area contributed by atoms with E-state index in [1.54, 1.807) is 26.0 Å². The summed E-state index contributed by atoms with van der Waals surface area (Å²) >= 11 is 0. The van der Waals surface area contributed by atoms with Crippen LogP contribution in [0.1, 0.15) is 18.3 Å². The summed E-state index contributed by atoms with van der Waals surface area (Å²) in [6.45, 7) is 5.49. The number of nitrogens with one attached hydrogen (secondary N) is 2. The van der Waals surface area contributed by atoms with Crippen LogP contribution in [0.5, 0.6) is 0 Å². The fourth-order valence-electron chi connectivity index (χ4n) is 3.13. The van der Waals surface area contributed by atoms with Crippen LogP contribution in [0.2, 0.25) is 0 Å². The number of halogens is 1. The standard InChI is InChI=1S/C19H25FN6O3S/c1-3-30(28,29)26-9-7-25(8-10-26)13-15-5-4-6-17(18(15)20)24-19(27)23-16-11-21-14(2)22-12-16/h4-6,11-12H,3,7-10,13H2,1-2H3,(H2,23,24,27). The third kappa shape index (κ3) is 5.49. The summed E-state index contributed by atoms with van der Waals surface area (Å²) in [5.74, 6) is 0.135. The summed E-state index contributed by atoms with van der Waals surface area (Å²) in [7, 11) is -3.20. The molecule has 2 amide bonds. The van der Waals surface area contributed by atoms with Crippen LogP contribution in [0, 0.1) is 12.7 Å². The largest absolute Gasteiger partial charge is 0.323 e. The lowest BCUT2D eigenvalue weighted by molar-refractivity contribution is 0.180. The first kappa shape index (κ1) is 22.1. The fourth-order valence-corrected chi connectivity index (χ4v) is 4.21. The number of anilines is 2. The summed E-state index contributed by atoms with van der Waals surface area (Å²) < 4.78 is 40.3. The number of piperazine rings is 1. The summed E-state index contributed by atoms with van der Waals surface area (Å²) in [6, 6.07) is 4.20. The molecule has 0 radical (unpaired) electrons. The average Bonchev–Trinajstić information content (AvgIpc) is 2.73. The van der Waals surface area contributed by atoms with Gasteiger partial charge in [0.1, 0.15) is 5.82 Å². The summed E-state index contributed by atoms with van der Waals surface area (Å²) in [5, 5.41) is 5.05. The topological polar surface area (TPSA) is 108 Å². The number of amides is 2. The van der Waals surface area contributed by atoms with E-state index in [2.05, 4.69) is 20.6 Å². The molecule has 2 N–H and O–H groups in total. The van der Waals surface area contributed by atoms with Crippen molar-refractivity contribution in [3.63, 3.8) is 0 Å². The van der Waals surface area contributed by atoms with Crippen molar-refractivity contribution in [1.82, 2.24) is 19.2 Å². The number of rotatable bonds is 6. The monoisotopic (exact) mass is 436 g/mol. The van der Waals surface area contributed by atoms with Gasteiger partial charge in [0.2, 0.25) is 10.0 Å². The van der Waals surface area contributed by atoms with Crippen LogP contribution in [0.15, 0.2) is 30.6 Å². The van der Waals surface area contributed by atoms with E-state index in [1.807, 2.05) is 4.90 Å². The molecule has 0 saturated carbocycles. The number of carbonyl (C=O) groups excluding carboxylic acids is 1. The number of carbonyl (C=O) groups is 1. The third-order valence-electron chi connectivity index (χ3n) is 4.85. The Morgan fingerprint density at radius 2 is 1.80 bits per heavy atom. The van der Waals surface area contributed by atoms with Crippen molar-refractivity contribution in [2.75, 3.05) is 42.6 Å². The van der Waals surface area contributed by atoms with E-state index in [0.29, 0.717) is 49.8 Å². The maximum absolute atomic E-state index is 14.9. The maximum Gasteiger partial charge on any atom is 0.323 e. The highest BCUT2D eigenvalue weighted by atomic mass is 32.2. The smallest absolute Gasteiger partial charge is 0.305 e. The van der Waals surface area contributed by atoms with Gasteiger partial charge in [-0.05, 0) is 19.9 Å². The molecule has 1 aliphatic rings. The fraction of sp³-hybridized carbons (Fsp3) is 0.421. The summed E-state index contributed by atoms with van der Waals surface area (Å²) in [4.78, 5) is 22.1. The van der Waals surface area contributed by atoms with Crippen molar-refractivity contribution in [2.45, 2.75) is 20.4 Å². The van der Waals surface area contributed by atoms with E-state index >= 15 is 0 Å². The number of aromatic nitrogens is 2. The Morgan fingerprint density at radius 1 is 1.13 bits per heavy atom. The van der Waals surface area contributed by atoms with Gasteiger partial charge in [0, 0.05) is 38.3 Å². The van der Waals surface area contributed by atoms with Crippen LogP contribution in [0.4, 0.5) is 20.6 Å². The van der Waals surface area contributed by atoms with E-state index < -0.39 is 21.9 Å². The van der Waals surface area contributed by atoms with E-state index in [9.17, 15) is 17.6 Å². The van der Waals surface area contributed by atoms with Crippen LogP contribution >= 0.6 is 0 Å². The second kappa shape index (κ2) is 9.45. The van der Waals surface area contributed by atoms with Gasteiger partial charge < -0.3 is 10.6 Å². The molecular weight excluding hydrogens is 411 g/mol. The molecule has 0 atom stereocenters. The predicted molar refractivity (Wildman–Crippen MR) is 112 cm³/mol. The van der Waals surface area contributed by atoms with Crippen LogP contribution in [-0.4, -0.2) is 65.6 Å². The van der Waals surface area contributed by atoms with Crippen LogP contribution in [0.25, 0.3) is 0 Å². The van der Waals surface area contributed by atoms with Crippen LogP contribution < -0.4 is 10.6 Å². The van der Waals surface area contributed by atoms with Gasteiger partial charge in [-0.25, -0.2) is 27.6 Å². The third-order valence-corrected chi connectivity index (χ3v) is 6.73. The minimum Gasteiger partial charge on any atom is -0.305 e. The molecule has 1 saturated heterocycles. The van der Waals surface area contributed by atoms with Crippen molar-refractivity contribution in [3.05, 3.63) is 47.8 Å². The Morgan fingerprint density at radius 3 is 2.43 bits per heavy atom. The summed E-state index contributed by atoms with van der Waals surface area (Å²) in [6.07, 6.45) is 2.93. The number of aryl methyl sites for hydroxylation is 1. The van der Waals surface area contributed by atoms with Gasteiger partial charge in [-0.1, -0.05) is 12.1 Å². The Bertz CT molecular complexity index is 992. The zero-order valence-corrected chi connectivity index (χ0v) is 17.7.